The molecular formula is C82H88O17. The van der Waals surface area contributed by atoms with Crippen molar-refractivity contribution in [2.45, 2.75) is 152 Å². The van der Waals surface area contributed by atoms with E-state index < -0.39 is 98.7 Å². The summed E-state index contributed by atoms with van der Waals surface area (Å²) in [6, 6.07) is 86.3. The Morgan fingerprint density at radius 2 is 0.535 bits per heavy atom. The largest absolute Gasteiger partial charge is 0.497 e. The molecule has 99 heavy (non-hydrogen) atoms. The summed E-state index contributed by atoms with van der Waals surface area (Å²) in [4.78, 5) is 0. The molecule has 12 rings (SSSR count). The van der Waals surface area contributed by atoms with Crippen LogP contribution in [0.3, 0.4) is 0 Å². The highest BCUT2D eigenvalue weighted by atomic mass is 16.8. The predicted molar refractivity (Wildman–Crippen MR) is 369 cm³/mol. The Labute approximate surface area is 579 Å². The van der Waals surface area contributed by atoms with Crippen LogP contribution in [0.1, 0.15) is 50.1 Å². The van der Waals surface area contributed by atoms with Gasteiger partial charge in [0.2, 0.25) is 0 Å². The molecule has 17 nitrogen and oxygen atoms in total. The summed E-state index contributed by atoms with van der Waals surface area (Å²) in [5.41, 5.74) is 8.00. The van der Waals surface area contributed by atoms with Gasteiger partial charge in [0.1, 0.15) is 79.0 Å². The fourth-order valence-corrected chi connectivity index (χ4v) is 12.4. The maximum Gasteiger partial charge on any atom is 0.187 e. The van der Waals surface area contributed by atoms with Gasteiger partial charge in [-0.05, 0) is 62.2 Å². The van der Waals surface area contributed by atoms with Crippen molar-refractivity contribution < 1.29 is 81.3 Å². The number of hydrogen-bond acceptors (Lipinski definition) is 17. The van der Waals surface area contributed by atoms with Crippen LogP contribution in [0.15, 0.2) is 267 Å². The lowest BCUT2D eigenvalue weighted by Gasteiger charge is -2.51. The van der Waals surface area contributed by atoms with Gasteiger partial charge in [0.25, 0.3) is 0 Å². The zero-order chi connectivity index (χ0) is 67.6. The van der Waals surface area contributed by atoms with Crippen molar-refractivity contribution in [2.75, 3.05) is 26.9 Å². The quantitative estimate of drug-likeness (QED) is 0.0383. The highest BCUT2D eigenvalue weighted by molar-refractivity contribution is 5.27. The molecular weight excluding hydrogens is 1260 g/mol. The topological polar surface area (TPSA) is 179 Å². The van der Waals surface area contributed by atoms with E-state index in [1.807, 2.05) is 267 Å². The molecule has 0 radical (unpaired) electrons. The maximum absolute atomic E-state index is 12.3. The number of aliphatic hydroxyl groups is 2. The van der Waals surface area contributed by atoms with Crippen molar-refractivity contribution in [1.29, 1.82) is 0 Å². The summed E-state index contributed by atoms with van der Waals surface area (Å²) >= 11 is 0. The van der Waals surface area contributed by atoms with Gasteiger partial charge in [-0.25, -0.2) is 0 Å². The average molecular weight is 1350 g/mol. The molecule has 3 saturated heterocycles. The SMILES string of the molecule is COc1ccc(CO[C@@H]2[C@H](O[C@H]3[C@H](OCc4ccccc4)[C@H](OCc4ccccc4)[C@H](O[C@H]4[C@H](OCc5ccccc5)[C@H](OCc5ccccc5)[C@@H](OCc5ccccc5)O[C@@H]4COCc4ccccc4)O[C@@H]3COCc3ccccc3)O[C@H](CO)[C@@H](O)[C@@H]2OCc2ccccc2)cc1. The van der Waals surface area contributed by atoms with E-state index in [9.17, 15) is 10.2 Å². The van der Waals surface area contributed by atoms with E-state index in [4.69, 9.17) is 71.1 Å². The second-order valence-corrected chi connectivity index (χ2v) is 24.7. The molecule has 0 aromatic heterocycles. The van der Waals surface area contributed by atoms with Gasteiger partial charge in [0.05, 0.1) is 86.4 Å². The summed E-state index contributed by atoms with van der Waals surface area (Å²) in [5, 5.41) is 23.4. The Morgan fingerprint density at radius 1 is 0.273 bits per heavy atom. The molecule has 15 atom stereocenters. The lowest BCUT2D eigenvalue weighted by Crippen LogP contribution is -2.68. The van der Waals surface area contributed by atoms with Gasteiger partial charge in [0, 0.05) is 0 Å². The van der Waals surface area contributed by atoms with Gasteiger partial charge in [-0.3, -0.25) is 0 Å². The number of aliphatic hydroxyl groups excluding tert-OH is 2. The Bertz CT molecular complexity index is 3670. The van der Waals surface area contributed by atoms with Crippen LogP contribution in [0.4, 0.5) is 0 Å². The molecule has 3 aliphatic heterocycles. The molecule has 2 N–H and O–H groups in total. The van der Waals surface area contributed by atoms with Gasteiger partial charge in [-0.1, -0.05) is 255 Å². The normalized spacial score (nSPS) is 25.4. The minimum Gasteiger partial charge on any atom is -0.497 e. The monoisotopic (exact) mass is 1340 g/mol. The standard InChI is InChI=1S/C82H88O17/c1-85-67-44-42-66(43-45-67)54-91-77-74(88-49-60-30-14-4-15-31-60)71(84)68(46-83)95-81(77)98-73-70(57-87-48-59-28-12-3-13-29-59)97-82(79(93-53-64-38-22-8-23-39-64)76(73)90-51-62-34-18-6-19-35-62)99-72-69(56-86-47-58-26-10-2-11-27-58)96-80(94-55-65-40-24-9-25-41-65)78(92-52-63-36-20-7-21-37-63)75(72)89-50-61-32-16-5-17-33-61/h2-45,68-84H,46-57H2,1H3/t68-,69-,70-,71-,72-,73-,74+,75+,76+,77+,78+,79+,80+,81+,82+/m1/s1. The molecule has 0 amide bonds. The van der Waals surface area contributed by atoms with E-state index in [0.29, 0.717) is 5.75 Å². The highest BCUT2D eigenvalue weighted by Gasteiger charge is 2.57. The molecule has 0 unspecified atom stereocenters. The molecule has 0 saturated carbocycles. The van der Waals surface area contributed by atoms with E-state index in [1.165, 1.54) is 0 Å². The summed E-state index contributed by atoms with van der Waals surface area (Å²) in [7, 11) is 1.61. The second kappa shape index (κ2) is 37.5. The van der Waals surface area contributed by atoms with Crippen LogP contribution in [0.2, 0.25) is 0 Å². The third-order valence-corrected chi connectivity index (χ3v) is 17.6. The first-order chi connectivity index (χ1) is 48.9. The Kier molecular flexibility index (Phi) is 26.9. The Hall–Kier alpha value is -7.86. The van der Waals surface area contributed by atoms with Gasteiger partial charge < -0.3 is 81.3 Å². The first kappa shape index (κ1) is 71.0. The molecule has 17 heteroatoms. The third-order valence-electron chi connectivity index (χ3n) is 17.6. The van der Waals surface area contributed by atoms with Gasteiger partial charge in [0.15, 0.2) is 18.9 Å². The van der Waals surface area contributed by atoms with E-state index in [-0.39, 0.29) is 72.7 Å². The van der Waals surface area contributed by atoms with Crippen molar-refractivity contribution in [1.82, 2.24) is 0 Å². The lowest BCUT2D eigenvalue weighted by atomic mass is 9.95. The van der Waals surface area contributed by atoms with E-state index in [1.54, 1.807) is 7.11 Å². The molecule has 3 heterocycles. The molecule has 518 valence electrons. The molecule has 0 bridgehead atoms. The number of rotatable bonds is 35. The summed E-state index contributed by atoms with van der Waals surface area (Å²) < 4.78 is 105. The number of benzene rings is 9. The Balaban J connectivity index is 0.972. The first-order valence-electron chi connectivity index (χ1n) is 33.9. The van der Waals surface area contributed by atoms with E-state index >= 15 is 0 Å². The first-order valence-corrected chi connectivity index (χ1v) is 33.9. The lowest BCUT2D eigenvalue weighted by molar-refractivity contribution is -0.394. The van der Waals surface area contributed by atoms with Crippen molar-refractivity contribution in [3.05, 3.63) is 317 Å². The maximum atomic E-state index is 12.3. The van der Waals surface area contributed by atoms with Crippen LogP contribution >= 0.6 is 0 Å². The average Bonchev–Trinajstić information content (AvgIpc) is 0.770. The molecule has 3 fully saturated rings. The second-order valence-electron chi connectivity index (χ2n) is 24.7. The fraction of sp³-hybridized carbons (Fsp3) is 0.341. The summed E-state index contributed by atoms with van der Waals surface area (Å²) in [6.45, 7) is 0.573. The smallest absolute Gasteiger partial charge is 0.187 e. The van der Waals surface area contributed by atoms with Gasteiger partial charge in [-0.15, -0.1) is 0 Å². The van der Waals surface area contributed by atoms with Crippen LogP contribution in [-0.4, -0.2) is 129 Å². The van der Waals surface area contributed by atoms with Crippen LogP contribution in [-0.2, 0) is 126 Å². The van der Waals surface area contributed by atoms with Crippen LogP contribution < -0.4 is 4.74 Å². The highest BCUT2D eigenvalue weighted by Crippen LogP contribution is 2.39. The summed E-state index contributed by atoms with van der Waals surface area (Å²) in [5.74, 6) is 0.670. The van der Waals surface area contributed by atoms with Crippen LogP contribution in [0.5, 0.6) is 5.75 Å². The molecule has 0 spiro atoms. The van der Waals surface area contributed by atoms with Crippen molar-refractivity contribution in [3.63, 3.8) is 0 Å². The Morgan fingerprint density at radius 3 is 0.869 bits per heavy atom. The van der Waals surface area contributed by atoms with Gasteiger partial charge >= 0.3 is 0 Å². The minimum absolute atomic E-state index is 0.00915. The minimum atomic E-state index is -1.37. The predicted octanol–water partition coefficient (Wildman–Crippen LogP) is 12.5. The van der Waals surface area contributed by atoms with Crippen LogP contribution in [0.25, 0.3) is 0 Å². The van der Waals surface area contributed by atoms with Crippen molar-refractivity contribution in [2.24, 2.45) is 0 Å². The molecule has 3 aliphatic rings. The number of hydrogen-bond donors (Lipinski definition) is 2. The van der Waals surface area contributed by atoms with Gasteiger partial charge in [-0.2, -0.15) is 0 Å². The molecule has 9 aromatic rings. The number of methoxy groups -OCH3 is 1. The molecule has 9 aromatic carbocycles. The van der Waals surface area contributed by atoms with E-state index in [2.05, 4.69) is 0 Å². The van der Waals surface area contributed by atoms with Crippen LogP contribution in [0, 0.1) is 0 Å². The van der Waals surface area contributed by atoms with Crippen molar-refractivity contribution >= 4 is 0 Å². The third kappa shape index (κ3) is 20.4. The number of ether oxygens (including phenoxy) is 15. The molecule has 0 aliphatic carbocycles. The van der Waals surface area contributed by atoms with E-state index in [0.717, 1.165) is 50.1 Å². The zero-order valence-electron chi connectivity index (χ0n) is 55.6. The fourth-order valence-electron chi connectivity index (χ4n) is 12.4. The zero-order valence-corrected chi connectivity index (χ0v) is 55.6. The summed E-state index contributed by atoms with van der Waals surface area (Å²) in [6.07, 6.45) is -16.8. The van der Waals surface area contributed by atoms with Crippen molar-refractivity contribution in [3.8, 4) is 5.75 Å².